The standard InChI is InChI=1S/C18H15FO4/c1-21-16-8-12-10-23-18(20)14(13(12)9-17(16)22-2)7-11-5-3-4-6-15(11)19/h3-9H,10H2,1-2H3/b14-7+. The maximum absolute atomic E-state index is 13.9. The van der Waals surface area contributed by atoms with Gasteiger partial charge in [-0.15, -0.1) is 0 Å². The molecule has 0 bridgehead atoms. The summed E-state index contributed by atoms with van der Waals surface area (Å²) in [4.78, 5) is 12.1. The second-order valence-electron chi connectivity index (χ2n) is 5.02. The van der Waals surface area contributed by atoms with Crippen molar-refractivity contribution in [1.82, 2.24) is 0 Å². The summed E-state index contributed by atoms with van der Waals surface area (Å²) in [5, 5.41) is 0. The Kier molecular flexibility index (Phi) is 4.02. The van der Waals surface area contributed by atoms with Crippen molar-refractivity contribution in [3.8, 4) is 11.5 Å². The molecule has 0 aliphatic carbocycles. The molecular formula is C18H15FO4. The Bertz CT molecular complexity index is 796. The van der Waals surface area contributed by atoms with Crippen LogP contribution < -0.4 is 9.47 Å². The highest BCUT2D eigenvalue weighted by atomic mass is 19.1. The number of esters is 1. The number of ether oxygens (including phenoxy) is 3. The summed E-state index contributed by atoms with van der Waals surface area (Å²) >= 11 is 0. The Balaban J connectivity index is 2.17. The molecule has 0 spiro atoms. The van der Waals surface area contributed by atoms with Gasteiger partial charge in [0.1, 0.15) is 12.4 Å². The molecule has 0 fully saturated rings. The molecule has 4 nitrogen and oxygen atoms in total. The van der Waals surface area contributed by atoms with Gasteiger partial charge >= 0.3 is 5.97 Å². The number of hydrogen-bond acceptors (Lipinski definition) is 4. The summed E-state index contributed by atoms with van der Waals surface area (Å²) in [6.45, 7) is 0.142. The smallest absolute Gasteiger partial charge is 0.339 e. The number of hydrogen-bond donors (Lipinski definition) is 0. The lowest BCUT2D eigenvalue weighted by molar-refractivity contribution is -0.138. The van der Waals surface area contributed by atoms with Crippen molar-refractivity contribution in [1.29, 1.82) is 0 Å². The lowest BCUT2D eigenvalue weighted by Crippen LogP contribution is -2.16. The molecule has 5 heteroatoms. The molecule has 0 aromatic heterocycles. The van der Waals surface area contributed by atoms with Crippen LogP contribution in [-0.2, 0) is 16.1 Å². The minimum absolute atomic E-state index is 0.142. The van der Waals surface area contributed by atoms with Crippen molar-refractivity contribution in [2.24, 2.45) is 0 Å². The first-order valence-electron chi connectivity index (χ1n) is 7.02. The van der Waals surface area contributed by atoms with Crippen molar-refractivity contribution in [3.63, 3.8) is 0 Å². The van der Waals surface area contributed by atoms with Gasteiger partial charge in [0.25, 0.3) is 0 Å². The van der Waals surface area contributed by atoms with Crippen LogP contribution in [0.5, 0.6) is 11.5 Å². The van der Waals surface area contributed by atoms with Crippen LogP contribution in [0.4, 0.5) is 4.39 Å². The fraction of sp³-hybridized carbons (Fsp3) is 0.167. The largest absolute Gasteiger partial charge is 0.493 e. The quantitative estimate of drug-likeness (QED) is 0.643. The third kappa shape index (κ3) is 2.77. The third-order valence-corrected chi connectivity index (χ3v) is 3.68. The zero-order chi connectivity index (χ0) is 16.4. The van der Waals surface area contributed by atoms with E-state index in [1.807, 2.05) is 0 Å². The first-order chi connectivity index (χ1) is 11.1. The average molecular weight is 314 g/mol. The Morgan fingerprint density at radius 3 is 2.52 bits per heavy atom. The summed E-state index contributed by atoms with van der Waals surface area (Å²) in [6.07, 6.45) is 1.49. The monoisotopic (exact) mass is 314 g/mol. The third-order valence-electron chi connectivity index (χ3n) is 3.68. The number of methoxy groups -OCH3 is 2. The summed E-state index contributed by atoms with van der Waals surface area (Å²) in [7, 11) is 3.06. The van der Waals surface area contributed by atoms with Crippen LogP contribution in [0.2, 0.25) is 0 Å². The first kappa shape index (κ1) is 15.1. The molecule has 3 rings (SSSR count). The minimum Gasteiger partial charge on any atom is -0.493 e. The van der Waals surface area contributed by atoms with Gasteiger partial charge in [0.05, 0.1) is 19.8 Å². The van der Waals surface area contributed by atoms with Gasteiger partial charge in [-0.1, -0.05) is 18.2 Å². The molecule has 0 atom stereocenters. The molecule has 0 radical (unpaired) electrons. The zero-order valence-corrected chi connectivity index (χ0v) is 12.8. The van der Waals surface area contributed by atoms with E-state index >= 15 is 0 Å². The highest BCUT2D eigenvalue weighted by Crippen LogP contribution is 2.37. The molecule has 0 saturated carbocycles. The number of carbonyl (C=O) groups excluding carboxylic acids is 1. The van der Waals surface area contributed by atoms with Crippen LogP contribution >= 0.6 is 0 Å². The minimum atomic E-state index is -0.493. The Morgan fingerprint density at radius 1 is 1.13 bits per heavy atom. The molecular weight excluding hydrogens is 299 g/mol. The second kappa shape index (κ2) is 6.12. The Hall–Kier alpha value is -2.82. The van der Waals surface area contributed by atoms with Crippen molar-refractivity contribution in [2.45, 2.75) is 6.61 Å². The van der Waals surface area contributed by atoms with E-state index < -0.39 is 11.8 Å². The van der Waals surface area contributed by atoms with E-state index in [4.69, 9.17) is 14.2 Å². The zero-order valence-electron chi connectivity index (χ0n) is 12.8. The van der Waals surface area contributed by atoms with Crippen LogP contribution in [0.25, 0.3) is 11.6 Å². The number of halogens is 1. The second-order valence-corrected chi connectivity index (χ2v) is 5.02. The highest BCUT2D eigenvalue weighted by Gasteiger charge is 2.25. The lowest BCUT2D eigenvalue weighted by atomic mass is 9.95. The fourth-order valence-electron chi connectivity index (χ4n) is 2.51. The van der Waals surface area contributed by atoms with E-state index in [2.05, 4.69) is 0 Å². The van der Waals surface area contributed by atoms with Crippen molar-refractivity contribution in [3.05, 3.63) is 58.9 Å². The molecule has 0 amide bonds. The van der Waals surface area contributed by atoms with E-state index in [9.17, 15) is 9.18 Å². The van der Waals surface area contributed by atoms with Gasteiger partial charge in [0, 0.05) is 11.1 Å². The van der Waals surface area contributed by atoms with Crippen LogP contribution in [0.15, 0.2) is 36.4 Å². The van der Waals surface area contributed by atoms with Gasteiger partial charge in [0.15, 0.2) is 11.5 Å². The maximum Gasteiger partial charge on any atom is 0.339 e. The SMILES string of the molecule is COc1cc2c(cc1OC)/C(=C\c1ccccc1F)C(=O)OC2. The summed E-state index contributed by atoms with van der Waals surface area (Å²) < 4.78 is 29.6. The summed E-state index contributed by atoms with van der Waals surface area (Å²) in [5.74, 6) is 0.156. The molecule has 0 N–H and O–H groups in total. The fourth-order valence-corrected chi connectivity index (χ4v) is 2.51. The van der Waals surface area contributed by atoms with Crippen molar-refractivity contribution < 1.29 is 23.4 Å². The summed E-state index contributed by atoms with van der Waals surface area (Å²) in [5.41, 5.74) is 2.05. The van der Waals surface area contributed by atoms with Crippen molar-refractivity contribution >= 4 is 17.6 Å². The van der Waals surface area contributed by atoms with E-state index in [0.717, 1.165) is 5.56 Å². The molecule has 2 aromatic carbocycles. The van der Waals surface area contributed by atoms with Crippen LogP contribution in [0, 0.1) is 5.82 Å². The number of cyclic esters (lactones) is 1. The van der Waals surface area contributed by atoms with Crippen LogP contribution in [0.3, 0.4) is 0 Å². The van der Waals surface area contributed by atoms with Crippen LogP contribution in [0.1, 0.15) is 16.7 Å². The molecule has 1 heterocycles. The Labute approximate surface area is 133 Å². The molecule has 2 aromatic rings. The normalized spacial score (nSPS) is 15.1. The number of rotatable bonds is 3. The first-order valence-corrected chi connectivity index (χ1v) is 7.02. The molecule has 1 aliphatic rings. The molecule has 118 valence electrons. The molecule has 0 saturated heterocycles. The van der Waals surface area contributed by atoms with Gasteiger partial charge in [0.2, 0.25) is 0 Å². The average Bonchev–Trinajstić information content (AvgIpc) is 2.58. The van der Waals surface area contributed by atoms with Crippen molar-refractivity contribution in [2.75, 3.05) is 14.2 Å². The van der Waals surface area contributed by atoms with Crippen LogP contribution in [-0.4, -0.2) is 20.2 Å². The van der Waals surface area contributed by atoms with E-state index in [0.29, 0.717) is 22.6 Å². The van der Waals surface area contributed by atoms with Gasteiger partial charge in [-0.2, -0.15) is 0 Å². The molecule has 23 heavy (non-hydrogen) atoms. The van der Waals surface area contributed by atoms with E-state index in [-0.39, 0.29) is 12.2 Å². The molecule has 0 unspecified atom stereocenters. The predicted octanol–water partition coefficient (Wildman–Crippen LogP) is 3.44. The summed E-state index contributed by atoms with van der Waals surface area (Å²) in [6, 6.07) is 9.72. The maximum atomic E-state index is 13.9. The van der Waals surface area contributed by atoms with E-state index in [1.54, 1.807) is 30.3 Å². The topological polar surface area (TPSA) is 44.8 Å². The highest BCUT2D eigenvalue weighted by molar-refractivity contribution is 6.22. The lowest BCUT2D eigenvalue weighted by Gasteiger charge is -2.21. The predicted molar refractivity (Wildman–Crippen MR) is 83.6 cm³/mol. The van der Waals surface area contributed by atoms with Gasteiger partial charge in [-0.25, -0.2) is 9.18 Å². The molecule has 1 aliphatic heterocycles. The van der Waals surface area contributed by atoms with Gasteiger partial charge in [-0.05, 0) is 29.8 Å². The van der Waals surface area contributed by atoms with Gasteiger partial charge in [-0.3, -0.25) is 0 Å². The number of carbonyl (C=O) groups is 1. The van der Waals surface area contributed by atoms with Gasteiger partial charge < -0.3 is 14.2 Å². The van der Waals surface area contributed by atoms with E-state index in [1.165, 1.54) is 26.4 Å². The number of fused-ring (bicyclic) bond motifs is 1. The number of benzene rings is 2. The Morgan fingerprint density at radius 2 is 1.83 bits per heavy atom.